The fourth-order valence-corrected chi connectivity index (χ4v) is 3.40. The van der Waals surface area contributed by atoms with Crippen LogP contribution < -0.4 is 4.90 Å². The predicted octanol–water partition coefficient (Wildman–Crippen LogP) is 4.73. The fourth-order valence-electron chi connectivity index (χ4n) is 3.40. The Kier molecular flexibility index (Phi) is 4.30. The Morgan fingerprint density at radius 1 is 0.880 bits per heavy atom. The number of hydrogen-bond donors (Lipinski definition) is 0. The molecule has 0 fully saturated rings. The van der Waals surface area contributed by atoms with Gasteiger partial charge in [-0.2, -0.15) is 0 Å². The molecule has 4 rings (SSSR count). The average molecular weight is 328 g/mol. The molecule has 0 bridgehead atoms. The standard InChI is InChI=1S/C22H20N2O/c25-22(24-15-4-3-7-18-6-1-2-9-21(18)24)19-12-10-17(11-13-19)20-8-5-14-23-16-20/h1-2,5-6,8-14,16H,3-4,7,15H2. The van der Waals surface area contributed by atoms with E-state index < -0.39 is 0 Å². The molecule has 1 aliphatic heterocycles. The summed E-state index contributed by atoms with van der Waals surface area (Å²) in [6, 6.07) is 20.0. The summed E-state index contributed by atoms with van der Waals surface area (Å²) in [5, 5.41) is 0. The smallest absolute Gasteiger partial charge is 0.258 e. The summed E-state index contributed by atoms with van der Waals surface area (Å²) >= 11 is 0. The van der Waals surface area contributed by atoms with Crippen LogP contribution in [0, 0.1) is 0 Å². The van der Waals surface area contributed by atoms with Crippen molar-refractivity contribution in [3.63, 3.8) is 0 Å². The Morgan fingerprint density at radius 2 is 1.72 bits per heavy atom. The first kappa shape index (κ1) is 15.6. The molecule has 0 radical (unpaired) electrons. The summed E-state index contributed by atoms with van der Waals surface area (Å²) in [7, 11) is 0. The Labute approximate surface area is 148 Å². The van der Waals surface area contributed by atoms with E-state index in [4.69, 9.17) is 0 Å². The molecule has 3 heteroatoms. The van der Waals surface area contributed by atoms with E-state index in [1.165, 1.54) is 5.56 Å². The first-order chi connectivity index (χ1) is 12.3. The molecule has 2 heterocycles. The van der Waals surface area contributed by atoms with Crippen molar-refractivity contribution in [2.45, 2.75) is 19.3 Å². The fraction of sp³-hybridized carbons (Fsp3) is 0.182. The molecule has 3 aromatic rings. The van der Waals surface area contributed by atoms with Gasteiger partial charge in [0.25, 0.3) is 5.91 Å². The monoisotopic (exact) mass is 328 g/mol. The SMILES string of the molecule is O=C(c1ccc(-c2cccnc2)cc1)N1CCCCc2ccccc21. The molecule has 1 amide bonds. The van der Waals surface area contributed by atoms with E-state index in [9.17, 15) is 4.79 Å². The molecule has 0 saturated carbocycles. The largest absolute Gasteiger partial charge is 0.308 e. The summed E-state index contributed by atoms with van der Waals surface area (Å²) < 4.78 is 0. The number of anilines is 1. The third-order valence-corrected chi connectivity index (χ3v) is 4.73. The van der Waals surface area contributed by atoms with Crippen molar-refractivity contribution in [1.29, 1.82) is 0 Å². The number of nitrogens with zero attached hydrogens (tertiary/aromatic N) is 2. The highest BCUT2D eigenvalue weighted by Crippen LogP contribution is 2.28. The van der Waals surface area contributed by atoms with Crippen LogP contribution in [0.3, 0.4) is 0 Å². The van der Waals surface area contributed by atoms with E-state index in [2.05, 4.69) is 23.2 Å². The number of amides is 1. The molecular weight excluding hydrogens is 308 g/mol. The highest BCUT2D eigenvalue weighted by Gasteiger charge is 2.21. The zero-order valence-corrected chi connectivity index (χ0v) is 14.1. The van der Waals surface area contributed by atoms with Gasteiger partial charge in [-0.1, -0.05) is 36.4 Å². The minimum Gasteiger partial charge on any atom is -0.308 e. The van der Waals surface area contributed by atoms with Gasteiger partial charge in [0, 0.05) is 30.2 Å². The number of pyridine rings is 1. The lowest BCUT2D eigenvalue weighted by Gasteiger charge is -2.23. The molecule has 0 atom stereocenters. The van der Waals surface area contributed by atoms with E-state index in [0.29, 0.717) is 0 Å². The molecule has 0 aliphatic carbocycles. The average Bonchev–Trinajstić information content (AvgIpc) is 2.91. The minimum absolute atomic E-state index is 0.0760. The Bertz CT molecular complexity index is 872. The third-order valence-electron chi connectivity index (χ3n) is 4.73. The molecule has 2 aromatic carbocycles. The predicted molar refractivity (Wildman–Crippen MR) is 101 cm³/mol. The quantitative estimate of drug-likeness (QED) is 0.681. The van der Waals surface area contributed by atoms with Crippen molar-refractivity contribution in [3.05, 3.63) is 84.2 Å². The van der Waals surface area contributed by atoms with Crippen LogP contribution in [0.15, 0.2) is 73.1 Å². The van der Waals surface area contributed by atoms with Gasteiger partial charge in [-0.15, -0.1) is 0 Å². The van der Waals surface area contributed by atoms with Crippen molar-refractivity contribution >= 4 is 11.6 Å². The van der Waals surface area contributed by atoms with E-state index in [1.807, 2.05) is 53.6 Å². The number of aryl methyl sites for hydroxylation is 1. The second kappa shape index (κ2) is 6.89. The Morgan fingerprint density at radius 3 is 2.52 bits per heavy atom. The summed E-state index contributed by atoms with van der Waals surface area (Å²) in [5.74, 6) is 0.0760. The highest BCUT2D eigenvalue weighted by molar-refractivity contribution is 6.06. The molecule has 3 nitrogen and oxygen atoms in total. The number of benzene rings is 2. The van der Waals surface area contributed by atoms with Crippen molar-refractivity contribution < 1.29 is 4.79 Å². The van der Waals surface area contributed by atoms with Crippen molar-refractivity contribution in [2.24, 2.45) is 0 Å². The van der Waals surface area contributed by atoms with Crippen molar-refractivity contribution in [1.82, 2.24) is 4.98 Å². The molecule has 0 spiro atoms. The van der Waals surface area contributed by atoms with Crippen LogP contribution in [0.2, 0.25) is 0 Å². The van der Waals surface area contributed by atoms with Gasteiger partial charge >= 0.3 is 0 Å². The van der Waals surface area contributed by atoms with Crippen LogP contribution in [-0.4, -0.2) is 17.4 Å². The van der Waals surface area contributed by atoms with E-state index >= 15 is 0 Å². The molecule has 1 aliphatic rings. The van der Waals surface area contributed by atoms with Crippen molar-refractivity contribution in [2.75, 3.05) is 11.4 Å². The lowest BCUT2D eigenvalue weighted by molar-refractivity contribution is 0.0987. The van der Waals surface area contributed by atoms with E-state index in [-0.39, 0.29) is 5.91 Å². The molecule has 124 valence electrons. The maximum Gasteiger partial charge on any atom is 0.258 e. The molecule has 0 unspecified atom stereocenters. The topological polar surface area (TPSA) is 33.2 Å². The van der Waals surface area contributed by atoms with Crippen LogP contribution >= 0.6 is 0 Å². The summed E-state index contributed by atoms with van der Waals surface area (Å²) in [6.45, 7) is 0.778. The maximum atomic E-state index is 13.1. The van der Waals surface area contributed by atoms with Crippen LogP contribution in [0.4, 0.5) is 5.69 Å². The van der Waals surface area contributed by atoms with Crippen molar-refractivity contribution in [3.8, 4) is 11.1 Å². The molecule has 1 aromatic heterocycles. The van der Waals surface area contributed by atoms with Gasteiger partial charge in [0.1, 0.15) is 0 Å². The van der Waals surface area contributed by atoms with Crippen LogP contribution in [0.25, 0.3) is 11.1 Å². The molecule has 0 saturated heterocycles. The first-order valence-electron chi connectivity index (χ1n) is 8.73. The molecule has 0 N–H and O–H groups in total. The molecule has 25 heavy (non-hydrogen) atoms. The van der Waals surface area contributed by atoms with Gasteiger partial charge in [0.2, 0.25) is 0 Å². The van der Waals surface area contributed by atoms with Crippen LogP contribution in [0.5, 0.6) is 0 Å². The van der Waals surface area contributed by atoms with Gasteiger partial charge < -0.3 is 4.90 Å². The lowest BCUT2D eigenvalue weighted by Crippen LogP contribution is -2.31. The Hall–Kier alpha value is -2.94. The molecular formula is C22H20N2O. The number of hydrogen-bond acceptors (Lipinski definition) is 2. The van der Waals surface area contributed by atoms with Gasteiger partial charge in [0.15, 0.2) is 0 Å². The maximum absolute atomic E-state index is 13.1. The first-order valence-corrected chi connectivity index (χ1v) is 8.73. The number of rotatable bonds is 2. The lowest BCUT2D eigenvalue weighted by atomic mass is 10.0. The van der Waals surface area contributed by atoms with E-state index in [1.54, 1.807) is 6.20 Å². The number of carbonyl (C=O) groups is 1. The zero-order valence-electron chi connectivity index (χ0n) is 14.1. The Balaban J connectivity index is 1.63. The van der Waals surface area contributed by atoms with Crippen LogP contribution in [-0.2, 0) is 6.42 Å². The normalized spacial score (nSPS) is 13.8. The van der Waals surface area contributed by atoms with Crippen LogP contribution in [0.1, 0.15) is 28.8 Å². The number of para-hydroxylation sites is 1. The minimum atomic E-state index is 0.0760. The van der Waals surface area contributed by atoms with Gasteiger partial charge in [0.05, 0.1) is 0 Å². The summed E-state index contributed by atoms with van der Waals surface area (Å²) in [4.78, 5) is 19.2. The number of fused-ring (bicyclic) bond motifs is 1. The second-order valence-corrected chi connectivity index (χ2v) is 6.36. The number of aromatic nitrogens is 1. The second-order valence-electron chi connectivity index (χ2n) is 6.36. The van der Waals surface area contributed by atoms with Gasteiger partial charge in [-0.3, -0.25) is 9.78 Å². The summed E-state index contributed by atoms with van der Waals surface area (Å²) in [6.07, 6.45) is 6.80. The highest BCUT2D eigenvalue weighted by atomic mass is 16.2. The van der Waals surface area contributed by atoms with Gasteiger partial charge in [-0.05, 0) is 60.2 Å². The van der Waals surface area contributed by atoms with E-state index in [0.717, 1.165) is 48.2 Å². The third kappa shape index (κ3) is 3.18. The van der Waals surface area contributed by atoms with Gasteiger partial charge in [-0.25, -0.2) is 0 Å². The zero-order chi connectivity index (χ0) is 17.1. The summed E-state index contributed by atoms with van der Waals surface area (Å²) in [5.41, 5.74) is 5.17. The number of carbonyl (C=O) groups excluding carboxylic acids is 1.